The van der Waals surface area contributed by atoms with Crippen LogP contribution in [0.1, 0.15) is 31.2 Å². The van der Waals surface area contributed by atoms with Crippen LogP contribution in [0.3, 0.4) is 0 Å². The van der Waals surface area contributed by atoms with Crippen LogP contribution in [0.5, 0.6) is 0 Å². The Bertz CT molecular complexity index is 675. The maximum Gasteiger partial charge on any atom is 0.243 e. The van der Waals surface area contributed by atoms with Crippen molar-refractivity contribution in [1.29, 1.82) is 0 Å². The molecule has 0 spiro atoms. The van der Waals surface area contributed by atoms with Crippen molar-refractivity contribution in [3.8, 4) is 0 Å². The Morgan fingerprint density at radius 3 is 2.83 bits per heavy atom. The summed E-state index contributed by atoms with van der Waals surface area (Å²) in [5.41, 5.74) is 2.49. The number of hydrogen-bond acceptors (Lipinski definition) is 5. The zero-order valence-electron chi connectivity index (χ0n) is 13.8. The van der Waals surface area contributed by atoms with E-state index in [1.807, 2.05) is 19.2 Å². The summed E-state index contributed by atoms with van der Waals surface area (Å²) in [6.45, 7) is 7.75. The molecule has 0 bridgehead atoms. The monoisotopic (exact) mass is 333 g/mol. The number of carbonyl (C=O) groups is 1. The van der Waals surface area contributed by atoms with Gasteiger partial charge in [0.25, 0.3) is 0 Å². The minimum absolute atomic E-state index is 0.0399. The quantitative estimate of drug-likeness (QED) is 0.816. The average Bonchev–Trinajstić information content (AvgIpc) is 2.92. The summed E-state index contributed by atoms with van der Waals surface area (Å²) in [5.74, 6) is -0.0399. The number of hydrogen-bond donors (Lipinski definition) is 2. The van der Waals surface area contributed by atoms with Crippen molar-refractivity contribution in [1.82, 2.24) is 20.1 Å². The highest BCUT2D eigenvalue weighted by Gasteiger charge is 2.43. The van der Waals surface area contributed by atoms with Crippen LogP contribution in [0, 0.1) is 19.3 Å². The maximum absolute atomic E-state index is 12.1. The normalized spacial score (nSPS) is 17.0. The predicted molar refractivity (Wildman–Crippen MR) is 91.6 cm³/mol. The predicted octanol–water partition coefficient (Wildman–Crippen LogP) is 2.35. The van der Waals surface area contributed by atoms with E-state index in [0.29, 0.717) is 5.13 Å². The number of aryl methyl sites for hydroxylation is 2. The van der Waals surface area contributed by atoms with Crippen LogP contribution in [0.15, 0.2) is 17.6 Å². The van der Waals surface area contributed by atoms with Gasteiger partial charge in [0.1, 0.15) is 0 Å². The molecule has 6 nitrogen and oxygen atoms in total. The van der Waals surface area contributed by atoms with Gasteiger partial charge in [-0.15, -0.1) is 11.3 Å². The van der Waals surface area contributed by atoms with E-state index in [0.717, 1.165) is 18.8 Å². The van der Waals surface area contributed by atoms with E-state index >= 15 is 0 Å². The highest BCUT2D eigenvalue weighted by molar-refractivity contribution is 7.13. The van der Waals surface area contributed by atoms with E-state index in [1.165, 1.54) is 29.9 Å². The molecule has 2 aromatic rings. The molecule has 2 N–H and O–H groups in total. The van der Waals surface area contributed by atoms with Crippen molar-refractivity contribution in [3.05, 3.63) is 29.0 Å². The summed E-state index contributed by atoms with van der Waals surface area (Å²) in [7, 11) is 0. The summed E-state index contributed by atoms with van der Waals surface area (Å²) < 4.78 is 2.09. The second kappa shape index (κ2) is 6.41. The van der Waals surface area contributed by atoms with Crippen molar-refractivity contribution in [2.75, 3.05) is 11.9 Å². The van der Waals surface area contributed by atoms with Gasteiger partial charge in [-0.25, -0.2) is 4.98 Å². The molecule has 1 aliphatic carbocycles. The van der Waals surface area contributed by atoms with E-state index in [9.17, 15) is 4.79 Å². The third-order valence-corrected chi connectivity index (χ3v) is 5.07. The molecular weight excluding hydrogens is 310 g/mol. The average molecular weight is 333 g/mol. The van der Waals surface area contributed by atoms with E-state index in [1.54, 1.807) is 6.20 Å². The van der Waals surface area contributed by atoms with Crippen LogP contribution in [-0.4, -0.2) is 33.3 Å². The molecule has 124 valence electrons. The molecule has 0 aromatic carbocycles. The molecule has 0 saturated heterocycles. The van der Waals surface area contributed by atoms with E-state index in [-0.39, 0.29) is 17.4 Å². The van der Waals surface area contributed by atoms with Gasteiger partial charge < -0.3 is 10.6 Å². The first-order valence-corrected chi connectivity index (χ1v) is 8.80. The smallest absolute Gasteiger partial charge is 0.243 e. The van der Waals surface area contributed by atoms with Crippen LogP contribution in [0.25, 0.3) is 0 Å². The molecule has 2 heterocycles. The SMILES string of the molecule is Cc1cc(C)n(CC2(CN[C@@H](C)C(=O)Nc3nccs3)CC2)n1. The highest BCUT2D eigenvalue weighted by atomic mass is 32.1. The molecule has 7 heteroatoms. The van der Waals surface area contributed by atoms with Crippen molar-refractivity contribution in [2.24, 2.45) is 5.41 Å². The van der Waals surface area contributed by atoms with Gasteiger partial charge in [-0.1, -0.05) is 0 Å². The Morgan fingerprint density at radius 1 is 1.48 bits per heavy atom. The minimum atomic E-state index is -0.239. The Morgan fingerprint density at radius 2 is 2.26 bits per heavy atom. The van der Waals surface area contributed by atoms with Gasteiger partial charge in [-0.05, 0) is 39.7 Å². The van der Waals surface area contributed by atoms with Gasteiger partial charge in [0.15, 0.2) is 5.13 Å². The molecule has 0 unspecified atom stereocenters. The van der Waals surface area contributed by atoms with Gasteiger partial charge in [0.05, 0.1) is 11.7 Å². The highest BCUT2D eigenvalue weighted by Crippen LogP contribution is 2.46. The summed E-state index contributed by atoms with van der Waals surface area (Å²) in [4.78, 5) is 16.2. The van der Waals surface area contributed by atoms with E-state index in [2.05, 4.69) is 38.4 Å². The molecule has 0 aliphatic heterocycles. The van der Waals surface area contributed by atoms with Crippen LogP contribution < -0.4 is 10.6 Å². The first kappa shape index (κ1) is 16.1. The van der Waals surface area contributed by atoms with Crippen LogP contribution in [0.4, 0.5) is 5.13 Å². The standard InChI is InChI=1S/C16H23N5OS/c1-11-8-12(2)21(20-11)10-16(4-5-16)9-18-13(3)14(22)19-15-17-6-7-23-15/h6-8,13,18H,4-5,9-10H2,1-3H3,(H,17,19,22)/t13-/m0/s1. The lowest BCUT2D eigenvalue weighted by Crippen LogP contribution is -2.41. The van der Waals surface area contributed by atoms with Crippen LogP contribution >= 0.6 is 11.3 Å². The molecule has 23 heavy (non-hydrogen) atoms. The van der Waals surface area contributed by atoms with Crippen molar-refractivity contribution in [3.63, 3.8) is 0 Å². The number of nitrogens with one attached hydrogen (secondary N) is 2. The number of amides is 1. The number of carbonyl (C=O) groups excluding carboxylic acids is 1. The Balaban J connectivity index is 1.51. The fraction of sp³-hybridized carbons (Fsp3) is 0.562. The maximum atomic E-state index is 12.1. The third-order valence-electron chi connectivity index (χ3n) is 4.38. The fourth-order valence-corrected chi connectivity index (χ4v) is 3.21. The minimum Gasteiger partial charge on any atom is -0.305 e. The molecule has 1 atom stereocenters. The number of aromatic nitrogens is 3. The Labute approximate surface area is 140 Å². The van der Waals surface area contributed by atoms with Gasteiger partial charge in [0, 0.05) is 35.8 Å². The van der Waals surface area contributed by atoms with Crippen LogP contribution in [0.2, 0.25) is 0 Å². The second-order valence-corrected chi connectivity index (χ2v) is 7.41. The molecule has 1 fully saturated rings. The molecule has 1 saturated carbocycles. The molecular formula is C16H23N5OS. The Kier molecular flexibility index (Phi) is 4.50. The Hall–Kier alpha value is -1.73. The topological polar surface area (TPSA) is 71.8 Å². The zero-order valence-corrected chi connectivity index (χ0v) is 14.6. The summed E-state index contributed by atoms with van der Waals surface area (Å²) in [5, 5.41) is 13.2. The molecule has 3 rings (SSSR count). The third kappa shape index (κ3) is 3.97. The van der Waals surface area contributed by atoms with Crippen molar-refractivity contribution >= 4 is 22.4 Å². The van der Waals surface area contributed by atoms with Gasteiger partial charge in [0.2, 0.25) is 5.91 Å². The van der Waals surface area contributed by atoms with E-state index < -0.39 is 0 Å². The largest absolute Gasteiger partial charge is 0.305 e. The lowest BCUT2D eigenvalue weighted by Gasteiger charge is -2.20. The van der Waals surface area contributed by atoms with E-state index in [4.69, 9.17) is 0 Å². The summed E-state index contributed by atoms with van der Waals surface area (Å²) in [6, 6.07) is 1.87. The molecule has 2 aromatic heterocycles. The van der Waals surface area contributed by atoms with Crippen molar-refractivity contribution < 1.29 is 4.79 Å². The first-order chi connectivity index (χ1) is 11.0. The molecule has 1 amide bonds. The number of rotatable bonds is 7. The zero-order chi connectivity index (χ0) is 16.4. The number of thiazole rings is 1. The molecule has 0 radical (unpaired) electrons. The fourth-order valence-electron chi connectivity index (χ4n) is 2.68. The number of anilines is 1. The molecule has 1 aliphatic rings. The summed E-state index contributed by atoms with van der Waals surface area (Å²) >= 11 is 1.43. The second-order valence-electron chi connectivity index (χ2n) is 6.51. The van der Waals surface area contributed by atoms with Gasteiger partial charge >= 0.3 is 0 Å². The lowest BCUT2D eigenvalue weighted by molar-refractivity contribution is -0.117. The summed E-state index contributed by atoms with van der Waals surface area (Å²) in [6.07, 6.45) is 4.05. The first-order valence-electron chi connectivity index (χ1n) is 7.92. The van der Waals surface area contributed by atoms with Gasteiger partial charge in [-0.3, -0.25) is 9.48 Å². The van der Waals surface area contributed by atoms with Crippen molar-refractivity contribution in [2.45, 2.75) is 46.2 Å². The number of nitrogens with zero attached hydrogens (tertiary/aromatic N) is 3. The lowest BCUT2D eigenvalue weighted by atomic mass is 10.1. The van der Waals surface area contributed by atoms with Gasteiger partial charge in [-0.2, -0.15) is 5.10 Å². The van der Waals surface area contributed by atoms with Crippen LogP contribution in [-0.2, 0) is 11.3 Å².